The van der Waals surface area contributed by atoms with Gasteiger partial charge in [-0.05, 0) is 6.92 Å². The maximum Gasteiger partial charge on any atom is 0.573 e. The third-order valence-electron chi connectivity index (χ3n) is 1.92. The van der Waals surface area contributed by atoms with Gasteiger partial charge in [-0.15, -0.1) is 13.2 Å². The number of H-pyrrole nitrogens is 1. The van der Waals surface area contributed by atoms with Crippen molar-refractivity contribution in [2.75, 3.05) is 6.61 Å². The molecular weight excluding hydrogens is 289 g/mol. The van der Waals surface area contributed by atoms with Gasteiger partial charge < -0.3 is 14.5 Å². The number of nitrogens with one attached hydrogen (secondary N) is 1. The lowest BCUT2D eigenvalue weighted by Crippen LogP contribution is -2.25. The number of hydrogen-bond donors (Lipinski definition) is 1. The molecule has 0 radical (unpaired) electrons. The van der Waals surface area contributed by atoms with Crippen LogP contribution in [0, 0.1) is 10.1 Å². The lowest BCUT2D eigenvalue weighted by molar-refractivity contribution is -0.389. The summed E-state index contributed by atoms with van der Waals surface area (Å²) in [4.78, 5) is 34.0. The van der Waals surface area contributed by atoms with Crippen molar-refractivity contribution in [3.63, 3.8) is 0 Å². The van der Waals surface area contributed by atoms with Gasteiger partial charge in [-0.1, -0.05) is 0 Å². The largest absolute Gasteiger partial charge is 0.573 e. The summed E-state index contributed by atoms with van der Waals surface area (Å²) >= 11 is 0. The number of pyridine rings is 1. The molecule has 0 aromatic carbocycles. The summed E-state index contributed by atoms with van der Waals surface area (Å²) in [6, 6.07) is 0. The van der Waals surface area contributed by atoms with E-state index in [0.717, 1.165) is 0 Å². The molecule has 0 saturated carbocycles. The van der Waals surface area contributed by atoms with E-state index in [9.17, 15) is 32.9 Å². The fraction of sp³-hybridized carbons (Fsp3) is 0.333. The highest BCUT2D eigenvalue weighted by Crippen LogP contribution is 2.32. The first-order valence-electron chi connectivity index (χ1n) is 5.00. The maximum absolute atomic E-state index is 12.1. The van der Waals surface area contributed by atoms with Crippen molar-refractivity contribution < 1.29 is 32.4 Å². The Morgan fingerprint density at radius 3 is 2.55 bits per heavy atom. The van der Waals surface area contributed by atoms with Gasteiger partial charge in [-0.25, -0.2) is 4.79 Å². The first-order chi connectivity index (χ1) is 9.17. The van der Waals surface area contributed by atoms with E-state index in [1.807, 2.05) is 0 Å². The molecule has 0 unspecified atom stereocenters. The molecule has 0 fully saturated rings. The number of carbonyl (C=O) groups excluding carboxylic acids is 1. The predicted molar refractivity (Wildman–Crippen MR) is 56.4 cm³/mol. The molecule has 0 atom stereocenters. The Balaban J connectivity index is 3.49. The van der Waals surface area contributed by atoms with Gasteiger partial charge in [-0.2, -0.15) is 0 Å². The predicted octanol–water partition coefficient (Wildman–Crippen LogP) is 1.36. The van der Waals surface area contributed by atoms with Crippen LogP contribution < -0.4 is 10.3 Å². The zero-order chi connectivity index (χ0) is 15.5. The summed E-state index contributed by atoms with van der Waals surface area (Å²) in [5, 5.41) is 10.8. The van der Waals surface area contributed by atoms with E-state index < -0.39 is 39.8 Å². The molecule has 0 bridgehead atoms. The van der Waals surface area contributed by atoms with Crippen LogP contribution in [0.25, 0.3) is 0 Å². The zero-order valence-electron chi connectivity index (χ0n) is 9.82. The molecule has 0 amide bonds. The van der Waals surface area contributed by atoms with E-state index in [2.05, 4.69) is 9.47 Å². The molecule has 0 aliphatic carbocycles. The Labute approximate surface area is 108 Å². The molecule has 1 heterocycles. The number of hydrogen-bond acceptors (Lipinski definition) is 6. The number of ether oxygens (including phenoxy) is 2. The lowest BCUT2D eigenvalue weighted by atomic mass is 10.2. The number of carbonyl (C=O) groups is 1. The highest BCUT2D eigenvalue weighted by molar-refractivity contribution is 5.94. The molecule has 11 heteroatoms. The van der Waals surface area contributed by atoms with Crippen LogP contribution in [-0.2, 0) is 4.74 Å². The molecule has 20 heavy (non-hydrogen) atoms. The quantitative estimate of drug-likeness (QED) is 0.510. The fourth-order valence-corrected chi connectivity index (χ4v) is 1.28. The van der Waals surface area contributed by atoms with Crippen molar-refractivity contribution in [3.8, 4) is 5.75 Å². The van der Waals surface area contributed by atoms with Crippen LogP contribution in [0.3, 0.4) is 0 Å². The van der Waals surface area contributed by atoms with E-state index >= 15 is 0 Å². The number of nitro groups is 1. The summed E-state index contributed by atoms with van der Waals surface area (Å²) in [7, 11) is 0. The van der Waals surface area contributed by atoms with E-state index in [-0.39, 0.29) is 6.61 Å². The van der Waals surface area contributed by atoms with Crippen molar-refractivity contribution in [2.24, 2.45) is 0 Å². The summed E-state index contributed by atoms with van der Waals surface area (Å²) in [6.07, 6.45) is -4.88. The Morgan fingerprint density at radius 2 is 2.10 bits per heavy atom. The van der Waals surface area contributed by atoms with Crippen molar-refractivity contribution in [1.82, 2.24) is 4.98 Å². The summed E-state index contributed by atoms with van der Waals surface area (Å²) in [5.41, 5.74) is -3.84. The van der Waals surface area contributed by atoms with Gasteiger partial charge in [0.25, 0.3) is 5.56 Å². The first-order valence-corrected chi connectivity index (χ1v) is 5.00. The molecule has 110 valence electrons. The van der Waals surface area contributed by atoms with Gasteiger partial charge in [-0.3, -0.25) is 14.9 Å². The number of aromatic amines is 1. The topological polar surface area (TPSA) is 112 Å². The second-order valence-corrected chi connectivity index (χ2v) is 3.23. The van der Waals surface area contributed by atoms with Crippen LogP contribution in [0.5, 0.6) is 5.75 Å². The number of nitrogens with zero attached hydrogens (tertiary/aromatic N) is 1. The highest BCUT2D eigenvalue weighted by atomic mass is 19.4. The molecule has 0 saturated heterocycles. The van der Waals surface area contributed by atoms with Gasteiger partial charge in [0, 0.05) is 0 Å². The second-order valence-electron chi connectivity index (χ2n) is 3.23. The van der Waals surface area contributed by atoms with E-state index in [0.29, 0.717) is 6.20 Å². The van der Waals surface area contributed by atoms with Crippen LogP contribution in [0.2, 0.25) is 0 Å². The minimum Gasteiger partial charge on any atom is -0.462 e. The molecule has 1 aromatic rings. The van der Waals surface area contributed by atoms with E-state index in [1.54, 1.807) is 4.98 Å². The number of esters is 1. The molecule has 0 aliphatic rings. The van der Waals surface area contributed by atoms with Gasteiger partial charge in [0.15, 0.2) is 0 Å². The molecule has 0 aliphatic heterocycles. The Bertz CT molecular complexity index is 594. The van der Waals surface area contributed by atoms with Crippen molar-refractivity contribution in [3.05, 3.63) is 32.2 Å². The highest BCUT2D eigenvalue weighted by Gasteiger charge is 2.38. The smallest absolute Gasteiger partial charge is 0.462 e. The van der Waals surface area contributed by atoms with Crippen molar-refractivity contribution in [2.45, 2.75) is 13.3 Å². The molecular formula is C9H7F3N2O6. The van der Waals surface area contributed by atoms with Gasteiger partial charge in [0.2, 0.25) is 11.3 Å². The third kappa shape index (κ3) is 3.46. The number of rotatable bonds is 4. The standard InChI is InChI=1S/C9H7F3N2O6/c1-2-19-8(16)5-6(14(17)18)4(3-13-7(5)15)20-9(10,11)12/h3H,2H2,1H3,(H,13,15). The van der Waals surface area contributed by atoms with Crippen molar-refractivity contribution in [1.29, 1.82) is 0 Å². The summed E-state index contributed by atoms with van der Waals surface area (Å²) in [5.74, 6) is -2.74. The average Bonchev–Trinajstić information content (AvgIpc) is 2.29. The van der Waals surface area contributed by atoms with E-state index in [4.69, 9.17) is 0 Å². The molecule has 1 N–H and O–H groups in total. The fourth-order valence-electron chi connectivity index (χ4n) is 1.28. The van der Waals surface area contributed by atoms with Crippen LogP contribution in [0.15, 0.2) is 11.0 Å². The SMILES string of the molecule is CCOC(=O)c1c([N+](=O)[O-])c(OC(F)(F)F)c[nH]c1=O. The first kappa shape index (κ1) is 15.5. The molecule has 1 aromatic heterocycles. The molecule has 8 nitrogen and oxygen atoms in total. The lowest BCUT2D eigenvalue weighted by Gasteiger charge is -2.10. The van der Waals surface area contributed by atoms with Crippen LogP contribution in [-0.4, -0.2) is 28.8 Å². The van der Waals surface area contributed by atoms with Gasteiger partial charge >= 0.3 is 18.0 Å². The monoisotopic (exact) mass is 296 g/mol. The third-order valence-corrected chi connectivity index (χ3v) is 1.92. The van der Waals surface area contributed by atoms with Crippen LogP contribution >= 0.6 is 0 Å². The normalized spacial score (nSPS) is 11.0. The number of aromatic nitrogens is 1. The van der Waals surface area contributed by atoms with Gasteiger partial charge in [0.1, 0.15) is 0 Å². The Hall–Kier alpha value is -2.59. The summed E-state index contributed by atoms with van der Waals surface area (Å²) in [6.45, 7) is 1.13. The molecule has 1 rings (SSSR count). The Morgan fingerprint density at radius 1 is 1.50 bits per heavy atom. The minimum absolute atomic E-state index is 0.222. The summed E-state index contributed by atoms with van der Waals surface area (Å²) < 4.78 is 44.1. The van der Waals surface area contributed by atoms with Crippen LogP contribution in [0.1, 0.15) is 17.3 Å². The van der Waals surface area contributed by atoms with E-state index in [1.165, 1.54) is 6.92 Å². The minimum atomic E-state index is -5.23. The average molecular weight is 296 g/mol. The van der Waals surface area contributed by atoms with Crippen LogP contribution in [0.4, 0.5) is 18.9 Å². The zero-order valence-corrected chi connectivity index (χ0v) is 9.82. The maximum atomic E-state index is 12.1. The second kappa shape index (κ2) is 5.59. The number of alkyl halides is 3. The Kier molecular flexibility index (Phi) is 4.32. The number of halogens is 3. The van der Waals surface area contributed by atoms with Crippen molar-refractivity contribution >= 4 is 11.7 Å². The van der Waals surface area contributed by atoms with Gasteiger partial charge in [0.05, 0.1) is 17.7 Å². The molecule has 0 spiro atoms.